The van der Waals surface area contributed by atoms with E-state index in [1.165, 1.54) is 6.92 Å². The molecule has 11 nitrogen and oxygen atoms in total. The van der Waals surface area contributed by atoms with Crippen LogP contribution in [0.1, 0.15) is 41.0 Å². The molecule has 1 aliphatic carbocycles. The molecule has 36 heavy (non-hydrogen) atoms. The van der Waals surface area contributed by atoms with Gasteiger partial charge >= 0.3 is 0 Å². The minimum Gasteiger partial charge on any atom is -0.388 e. The molecule has 6 N–H and O–H groups in total. The van der Waals surface area contributed by atoms with E-state index in [4.69, 9.17) is 18.9 Å². The highest BCUT2D eigenvalue weighted by Gasteiger charge is 2.47. The van der Waals surface area contributed by atoms with Gasteiger partial charge < -0.3 is 49.6 Å². The van der Waals surface area contributed by atoms with E-state index in [2.05, 4.69) is 0 Å². The lowest BCUT2D eigenvalue weighted by molar-refractivity contribution is -0.330. The van der Waals surface area contributed by atoms with Gasteiger partial charge in [0.05, 0.1) is 18.8 Å². The third-order valence-electron chi connectivity index (χ3n) is 7.18. The van der Waals surface area contributed by atoms with Gasteiger partial charge in [-0.3, -0.25) is 4.79 Å². The first-order valence-electron chi connectivity index (χ1n) is 12.3. The molecule has 0 radical (unpaired) electrons. The van der Waals surface area contributed by atoms with E-state index < -0.39 is 67.5 Å². The van der Waals surface area contributed by atoms with Gasteiger partial charge in [-0.15, -0.1) is 0 Å². The molecule has 3 rings (SSSR count). The number of rotatable bonds is 7. The monoisotopic (exact) mass is 516 g/mol. The van der Waals surface area contributed by atoms with Crippen molar-refractivity contribution in [3.05, 3.63) is 23.8 Å². The van der Waals surface area contributed by atoms with Crippen LogP contribution in [0.3, 0.4) is 0 Å². The smallest absolute Gasteiger partial charge is 0.187 e. The van der Waals surface area contributed by atoms with Crippen molar-refractivity contribution in [2.75, 3.05) is 6.61 Å². The topological polar surface area (TPSA) is 175 Å². The summed E-state index contributed by atoms with van der Waals surface area (Å²) in [4.78, 5) is 11.9. The van der Waals surface area contributed by atoms with Crippen molar-refractivity contribution in [3.63, 3.8) is 0 Å². The molecule has 0 saturated carbocycles. The van der Waals surface area contributed by atoms with Crippen LogP contribution in [0.2, 0.25) is 0 Å². The average Bonchev–Trinajstić information content (AvgIpc) is 2.78. The zero-order valence-electron chi connectivity index (χ0n) is 21.3. The van der Waals surface area contributed by atoms with E-state index >= 15 is 0 Å². The normalized spacial score (nSPS) is 44.5. The molecule has 0 aromatic carbocycles. The summed E-state index contributed by atoms with van der Waals surface area (Å²) >= 11 is 0. The molecule has 11 heteroatoms. The number of allylic oxidation sites excluding steroid dienone is 3. The van der Waals surface area contributed by atoms with E-state index in [-0.39, 0.29) is 23.7 Å². The largest absolute Gasteiger partial charge is 0.388 e. The molecule has 12 atom stereocenters. The standard InChI is InChI=1S/C25H40O11/c1-11-8-14(26)9-25(4,5)15(11)7-6-12(2)34-24-22(32)20(30)18(28)16(36-24)10-33-23-21(31)19(29)17(27)13(3)35-23/h6-8,12-13,15-24,27-32H,9-10H2,1-5H3. The van der Waals surface area contributed by atoms with Gasteiger partial charge in [-0.2, -0.15) is 0 Å². The van der Waals surface area contributed by atoms with Crippen LogP contribution in [0.15, 0.2) is 23.8 Å². The second-order valence-electron chi connectivity index (χ2n) is 10.8. The summed E-state index contributed by atoms with van der Waals surface area (Å²) in [5.74, 6) is 0.113. The van der Waals surface area contributed by atoms with Crippen molar-refractivity contribution in [2.24, 2.45) is 11.3 Å². The number of hydrogen-bond acceptors (Lipinski definition) is 11. The predicted octanol–water partition coefficient (Wildman–Crippen LogP) is -0.839. The SMILES string of the molecule is CC1=CC(=O)CC(C)(C)C1C=CC(C)OC1OC(COC2OC(C)C(O)C(O)C2O)C(O)C(O)C1O. The molecular weight excluding hydrogens is 476 g/mol. The Bertz CT molecular complexity index is 827. The minimum absolute atomic E-state index is 0.0187. The fourth-order valence-corrected chi connectivity index (χ4v) is 5.01. The fraction of sp³-hybridized carbons (Fsp3) is 0.800. The lowest BCUT2D eigenvalue weighted by atomic mass is 9.68. The van der Waals surface area contributed by atoms with Crippen LogP contribution in [0.5, 0.6) is 0 Å². The highest BCUT2D eigenvalue weighted by atomic mass is 16.7. The lowest BCUT2D eigenvalue weighted by Gasteiger charge is -2.42. The summed E-state index contributed by atoms with van der Waals surface area (Å²) in [6.45, 7) is 8.82. The van der Waals surface area contributed by atoms with Gasteiger partial charge in [0.2, 0.25) is 0 Å². The Morgan fingerprint density at radius 1 is 1.00 bits per heavy atom. The van der Waals surface area contributed by atoms with Crippen LogP contribution in [0.25, 0.3) is 0 Å². The van der Waals surface area contributed by atoms with Crippen LogP contribution >= 0.6 is 0 Å². The van der Waals surface area contributed by atoms with Crippen LogP contribution in [-0.2, 0) is 23.7 Å². The Hall–Kier alpha value is -1.25. The molecule has 0 aromatic rings. The van der Waals surface area contributed by atoms with Crippen LogP contribution in [-0.4, -0.2) is 111 Å². The second kappa shape index (κ2) is 11.6. The first-order valence-corrected chi connectivity index (χ1v) is 12.3. The number of ether oxygens (including phenoxy) is 4. The summed E-state index contributed by atoms with van der Waals surface area (Å²) in [7, 11) is 0. The highest BCUT2D eigenvalue weighted by molar-refractivity contribution is 5.92. The maximum atomic E-state index is 11.9. The Labute approximate surface area is 210 Å². The maximum absolute atomic E-state index is 11.9. The molecule has 3 aliphatic rings. The zero-order chi connectivity index (χ0) is 26.9. The number of aliphatic hydroxyl groups excluding tert-OH is 6. The fourth-order valence-electron chi connectivity index (χ4n) is 5.01. The Balaban J connectivity index is 1.61. The van der Waals surface area contributed by atoms with Crippen LogP contribution < -0.4 is 0 Å². The third kappa shape index (κ3) is 6.41. The van der Waals surface area contributed by atoms with Gasteiger partial charge in [0.1, 0.15) is 42.7 Å². The van der Waals surface area contributed by atoms with E-state index in [1.54, 1.807) is 19.1 Å². The van der Waals surface area contributed by atoms with Crippen molar-refractivity contribution in [3.8, 4) is 0 Å². The number of hydrogen-bond donors (Lipinski definition) is 6. The summed E-state index contributed by atoms with van der Waals surface area (Å²) < 4.78 is 22.3. The molecule has 0 spiro atoms. The Morgan fingerprint density at radius 2 is 1.61 bits per heavy atom. The van der Waals surface area contributed by atoms with E-state index in [9.17, 15) is 35.4 Å². The number of carbonyl (C=O) groups excluding carboxylic acids is 1. The van der Waals surface area contributed by atoms with Crippen molar-refractivity contribution >= 4 is 5.78 Å². The highest BCUT2D eigenvalue weighted by Crippen LogP contribution is 2.40. The maximum Gasteiger partial charge on any atom is 0.187 e. The van der Waals surface area contributed by atoms with Gasteiger partial charge in [-0.1, -0.05) is 31.6 Å². The molecule has 206 valence electrons. The molecule has 0 aromatic heterocycles. The Morgan fingerprint density at radius 3 is 2.25 bits per heavy atom. The van der Waals surface area contributed by atoms with E-state index in [0.29, 0.717) is 6.42 Å². The molecule has 2 saturated heterocycles. The number of carbonyl (C=O) groups is 1. The first kappa shape index (κ1) is 29.3. The third-order valence-corrected chi connectivity index (χ3v) is 7.18. The van der Waals surface area contributed by atoms with Crippen molar-refractivity contribution in [1.82, 2.24) is 0 Å². The zero-order valence-corrected chi connectivity index (χ0v) is 21.3. The summed E-state index contributed by atoms with van der Waals surface area (Å²) in [6, 6.07) is 0. The summed E-state index contributed by atoms with van der Waals surface area (Å²) in [5.41, 5.74) is 0.686. The molecule has 12 unspecified atom stereocenters. The second-order valence-corrected chi connectivity index (χ2v) is 10.8. The van der Waals surface area contributed by atoms with Crippen molar-refractivity contribution in [1.29, 1.82) is 0 Å². The van der Waals surface area contributed by atoms with Crippen LogP contribution in [0.4, 0.5) is 0 Å². The molecule has 2 aliphatic heterocycles. The predicted molar refractivity (Wildman–Crippen MR) is 125 cm³/mol. The first-order chi connectivity index (χ1) is 16.7. The van der Waals surface area contributed by atoms with Gasteiger partial charge in [0.25, 0.3) is 0 Å². The average molecular weight is 517 g/mol. The van der Waals surface area contributed by atoms with Gasteiger partial charge in [0.15, 0.2) is 18.4 Å². The minimum atomic E-state index is -1.59. The van der Waals surface area contributed by atoms with Crippen LogP contribution in [0, 0.1) is 11.3 Å². The van der Waals surface area contributed by atoms with Crippen molar-refractivity contribution in [2.45, 2.75) is 109 Å². The summed E-state index contributed by atoms with van der Waals surface area (Å²) in [5, 5.41) is 61.0. The van der Waals surface area contributed by atoms with Gasteiger partial charge in [-0.25, -0.2) is 0 Å². The molecule has 0 bridgehead atoms. The summed E-state index contributed by atoms with van der Waals surface area (Å²) in [6.07, 6.45) is -8.25. The molecule has 2 heterocycles. The molecular formula is C25H40O11. The lowest BCUT2D eigenvalue weighted by Crippen LogP contribution is -2.61. The molecule has 0 amide bonds. The quantitative estimate of drug-likeness (QED) is 0.233. The van der Waals surface area contributed by atoms with E-state index in [0.717, 1.165) is 5.57 Å². The van der Waals surface area contributed by atoms with E-state index in [1.807, 2.05) is 26.8 Å². The van der Waals surface area contributed by atoms with Crippen molar-refractivity contribution < 1.29 is 54.4 Å². The van der Waals surface area contributed by atoms with Gasteiger partial charge in [0, 0.05) is 12.3 Å². The molecule has 2 fully saturated rings. The Kier molecular flexibility index (Phi) is 9.48. The number of aliphatic hydroxyl groups is 6. The number of ketones is 1. The van der Waals surface area contributed by atoms with Gasteiger partial charge in [-0.05, 0) is 32.3 Å².